The normalized spacial score (nSPS) is 10.2. The zero-order valence-corrected chi connectivity index (χ0v) is 10.2. The second-order valence-electron chi connectivity index (χ2n) is 4.06. The van der Waals surface area contributed by atoms with E-state index in [2.05, 4.69) is 4.74 Å². The first kappa shape index (κ1) is 12.3. The number of carbonyl (C=O) groups excluding carboxylic acids is 1. The minimum atomic E-state index is -0.665. The number of hydrogen-bond acceptors (Lipinski definition) is 2. The fraction of sp³-hybridized carbons (Fsp3) is 0.133. The average molecular weight is 244 g/mol. The monoisotopic (exact) mass is 244 g/mol. The zero-order chi connectivity index (χ0) is 13.1. The fourth-order valence-electron chi connectivity index (χ4n) is 1.80. The second-order valence-corrected chi connectivity index (χ2v) is 4.06. The third kappa shape index (κ3) is 2.40. The number of esters is 1. The maximum atomic E-state index is 13.5. The first-order valence-electron chi connectivity index (χ1n) is 5.56. The fourth-order valence-corrected chi connectivity index (χ4v) is 1.80. The molecule has 0 heterocycles. The van der Waals surface area contributed by atoms with Gasteiger partial charge in [0, 0.05) is 0 Å². The first-order chi connectivity index (χ1) is 8.61. The summed E-state index contributed by atoms with van der Waals surface area (Å²) in [6.45, 7) is 1.98. The highest BCUT2D eigenvalue weighted by Gasteiger charge is 2.13. The highest BCUT2D eigenvalue weighted by molar-refractivity contribution is 5.91. The van der Waals surface area contributed by atoms with Gasteiger partial charge >= 0.3 is 5.97 Å². The number of carbonyl (C=O) groups is 1. The number of halogens is 1. The van der Waals surface area contributed by atoms with Crippen molar-refractivity contribution < 1.29 is 13.9 Å². The number of methoxy groups -OCH3 is 1. The Bertz CT molecular complexity index is 591. The standard InChI is InChI=1S/C15H13FO2/c1-10-4-3-5-11(8-10)12-6-7-14(16)13(9-12)15(17)18-2/h3-9H,1-2H3. The third-order valence-electron chi connectivity index (χ3n) is 2.72. The van der Waals surface area contributed by atoms with E-state index >= 15 is 0 Å². The average Bonchev–Trinajstić information content (AvgIpc) is 2.38. The maximum absolute atomic E-state index is 13.5. The lowest BCUT2D eigenvalue weighted by molar-refractivity contribution is 0.0595. The van der Waals surface area contributed by atoms with Crippen LogP contribution in [0, 0.1) is 12.7 Å². The van der Waals surface area contributed by atoms with Gasteiger partial charge in [0.25, 0.3) is 0 Å². The Balaban J connectivity index is 2.50. The lowest BCUT2D eigenvalue weighted by Crippen LogP contribution is -2.04. The van der Waals surface area contributed by atoms with Gasteiger partial charge in [-0.15, -0.1) is 0 Å². The van der Waals surface area contributed by atoms with E-state index in [1.54, 1.807) is 6.07 Å². The SMILES string of the molecule is COC(=O)c1cc(-c2cccc(C)c2)ccc1F. The van der Waals surface area contributed by atoms with Crippen LogP contribution in [0.3, 0.4) is 0 Å². The predicted molar refractivity (Wildman–Crippen MR) is 67.9 cm³/mol. The molecule has 3 heteroatoms. The Hall–Kier alpha value is -2.16. The summed E-state index contributed by atoms with van der Waals surface area (Å²) in [5, 5.41) is 0. The van der Waals surface area contributed by atoms with Gasteiger partial charge in [-0.25, -0.2) is 9.18 Å². The topological polar surface area (TPSA) is 26.3 Å². The van der Waals surface area contributed by atoms with Gasteiger partial charge in [-0.2, -0.15) is 0 Å². The van der Waals surface area contributed by atoms with E-state index in [9.17, 15) is 9.18 Å². The molecule has 0 spiro atoms. The summed E-state index contributed by atoms with van der Waals surface area (Å²) in [5.41, 5.74) is 2.80. The van der Waals surface area contributed by atoms with Crippen molar-refractivity contribution in [2.75, 3.05) is 7.11 Å². The van der Waals surface area contributed by atoms with Gasteiger partial charge in [0.05, 0.1) is 12.7 Å². The molecule has 2 aromatic carbocycles. The molecule has 0 aliphatic carbocycles. The number of benzene rings is 2. The lowest BCUT2D eigenvalue weighted by atomic mass is 10.0. The Kier molecular flexibility index (Phi) is 3.42. The Labute approximate surface area is 105 Å². The van der Waals surface area contributed by atoms with Crippen LogP contribution in [0.4, 0.5) is 4.39 Å². The van der Waals surface area contributed by atoms with Crippen LogP contribution < -0.4 is 0 Å². The van der Waals surface area contributed by atoms with Crippen LogP contribution >= 0.6 is 0 Å². The van der Waals surface area contributed by atoms with Crippen molar-refractivity contribution in [2.24, 2.45) is 0 Å². The van der Waals surface area contributed by atoms with E-state index in [4.69, 9.17) is 0 Å². The van der Waals surface area contributed by atoms with Crippen LogP contribution in [0.15, 0.2) is 42.5 Å². The molecular weight excluding hydrogens is 231 g/mol. The summed E-state index contributed by atoms with van der Waals surface area (Å²) in [4.78, 5) is 11.4. The van der Waals surface area contributed by atoms with E-state index in [1.165, 1.54) is 19.2 Å². The van der Waals surface area contributed by atoms with Crippen molar-refractivity contribution in [1.82, 2.24) is 0 Å². The van der Waals surface area contributed by atoms with Crippen LogP contribution in [0.1, 0.15) is 15.9 Å². The molecule has 2 nitrogen and oxygen atoms in total. The summed E-state index contributed by atoms with van der Waals surface area (Å²) in [6.07, 6.45) is 0. The summed E-state index contributed by atoms with van der Waals surface area (Å²) in [7, 11) is 1.24. The molecule has 18 heavy (non-hydrogen) atoms. The van der Waals surface area contributed by atoms with Crippen LogP contribution in [0.2, 0.25) is 0 Å². The number of rotatable bonds is 2. The van der Waals surface area contributed by atoms with Crippen molar-refractivity contribution >= 4 is 5.97 Å². The molecule has 0 saturated carbocycles. The van der Waals surface area contributed by atoms with Crippen LogP contribution in [-0.4, -0.2) is 13.1 Å². The van der Waals surface area contributed by atoms with Gasteiger partial charge in [-0.1, -0.05) is 35.9 Å². The van der Waals surface area contributed by atoms with Crippen LogP contribution in [0.5, 0.6) is 0 Å². The molecule has 0 saturated heterocycles. The van der Waals surface area contributed by atoms with Crippen molar-refractivity contribution in [3.05, 3.63) is 59.4 Å². The van der Waals surface area contributed by atoms with Gasteiger partial charge in [0.1, 0.15) is 5.82 Å². The van der Waals surface area contributed by atoms with Gasteiger partial charge in [0.15, 0.2) is 0 Å². The van der Waals surface area contributed by atoms with E-state index in [1.807, 2.05) is 31.2 Å². The van der Waals surface area contributed by atoms with Gasteiger partial charge < -0.3 is 4.74 Å². The molecule has 0 unspecified atom stereocenters. The Morgan fingerprint density at radius 3 is 2.50 bits per heavy atom. The van der Waals surface area contributed by atoms with E-state index in [0.29, 0.717) is 0 Å². The number of aryl methyl sites for hydroxylation is 1. The molecule has 0 fully saturated rings. The number of hydrogen-bond donors (Lipinski definition) is 0. The molecule has 0 bridgehead atoms. The molecule has 0 atom stereocenters. The molecule has 0 aliphatic rings. The highest BCUT2D eigenvalue weighted by Crippen LogP contribution is 2.23. The summed E-state index contributed by atoms with van der Waals surface area (Å²) < 4.78 is 18.1. The molecule has 0 aromatic heterocycles. The minimum Gasteiger partial charge on any atom is -0.465 e. The van der Waals surface area contributed by atoms with Gasteiger partial charge in [-0.05, 0) is 30.2 Å². The Morgan fingerprint density at radius 2 is 1.83 bits per heavy atom. The maximum Gasteiger partial charge on any atom is 0.340 e. The van der Waals surface area contributed by atoms with Crippen molar-refractivity contribution in [3.63, 3.8) is 0 Å². The largest absolute Gasteiger partial charge is 0.465 e. The minimum absolute atomic E-state index is 0.0449. The predicted octanol–water partition coefficient (Wildman–Crippen LogP) is 3.59. The third-order valence-corrected chi connectivity index (χ3v) is 2.72. The summed E-state index contributed by atoms with van der Waals surface area (Å²) in [6, 6.07) is 12.2. The lowest BCUT2D eigenvalue weighted by Gasteiger charge is -2.06. The van der Waals surface area contributed by atoms with Crippen molar-refractivity contribution in [3.8, 4) is 11.1 Å². The molecule has 0 radical (unpaired) electrons. The molecular formula is C15H13FO2. The molecule has 0 N–H and O–H groups in total. The first-order valence-corrected chi connectivity index (χ1v) is 5.56. The zero-order valence-electron chi connectivity index (χ0n) is 10.2. The highest BCUT2D eigenvalue weighted by atomic mass is 19.1. The van der Waals surface area contributed by atoms with E-state index < -0.39 is 11.8 Å². The van der Waals surface area contributed by atoms with Gasteiger partial charge in [0.2, 0.25) is 0 Å². The molecule has 2 rings (SSSR count). The molecule has 2 aromatic rings. The summed E-state index contributed by atoms with van der Waals surface area (Å²) in [5.74, 6) is -1.24. The van der Waals surface area contributed by atoms with Crippen LogP contribution in [0.25, 0.3) is 11.1 Å². The van der Waals surface area contributed by atoms with E-state index in [0.717, 1.165) is 16.7 Å². The van der Waals surface area contributed by atoms with Crippen LogP contribution in [-0.2, 0) is 4.74 Å². The molecule has 0 amide bonds. The molecule has 0 aliphatic heterocycles. The second kappa shape index (κ2) is 5.00. The summed E-state index contributed by atoms with van der Waals surface area (Å²) >= 11 is 0. The smallest absolute Gasteiger partial charge is 0.340 e. The van der Waals surface area contributed by atoms with Crippen molar-refractivity contribution in [1.29, 1.82) is 0 Å². The van der Waals surface area contributed by atoms with Gasteiger partial charge in [-0.3, -0.25) is 0 Å². The quantitative estimate of drug-likeness (QED) is 0.755. The Morgan fingerprint density at radius 1 is 1.11 bits per heavy atom. The van der Waals surface area contributed by atoms with E-state index in [-0.39, 0.29) is 5.56 Å². The number of ether oxygens (including phenoxy) is 1. The molecule has 92 valence electrons. The van der Waals surface area contributed by atoms with Crippen molar-refractivity contribution in [2.45, 2.75) is 6.92 Å².